The van der Waals surface area contributed by atoms with Gasteiger partial charge >= 0.3 is 0 Å². The van der Waals surface area contributed by atoms with Crippen LogP contribution in [0.5, 0.6) is 0 Å². The van der Waals surface area contributed by atoms with Crippen LogP contribution in [0.2, 0.25) is 0 Å². The van der Waals surface area contributed by atoms with Crippen LogP contribution < -0.4 is 0 Å². The van der Waals surface area contributed by atoms with E-state index in [0.29, 0.717) is 0 Å². The first-order valence-corrected chi connectivity index (χ1v) is 5.65. The van der Waals surface area contributed by atoms with E-state index in [1.807, 2.05) is 20.0 Å². The van der Waals surface area contributed by atoms with Gasteiger partial charge in [-0.05, 0) is 23.1 Å². The van der Waals surface area contributed by atoms with E-state index < -0.39 is 0 Å². The van der Waals surface area contributed by atoms with Crippen molar-refractivity contribution in [2.24, 2.45) is 0 Å². The molecule has 1 heterocycles. The van der Waals surface area contributed by atoms with Gasteiger partial charge < -0.3 is 4.98 Å². The molecule has 2 aromatic rings. The van der Waals surface area contributed by atoms with Crippen LogP contribution in [0.25, 0.3) is 10.9 Å². The Morgan fingerprint density at radius 2 is 1.62 bits per heavy atom. The minimum atomic E-state index is 0. The van der Waals surface area contributed by atoms with Gasteiger partial charge in [0.25, 0.3) is 0 Å². The summed E-state index contributed by atoms with van der Waals surface area (Å²) in [6.45, 7) is 10.7. The van der Waals surface area contributed by atoms with E-state index >= 15 is 0 Å². The molecule has 0 aliphatic heterocycles. The molecule has 0 bridgehead atoms. The number of nitrogens with one attached hydrogen (secondary N) is 1. The van der Waals surface area contributed by atoms with Crippen LogP contribution in [0.3, 0.4) is 0 Å². The number of rotatable bonds is 0. The summed E-state index contributed by atoms with van der Waals surface area (Å²) in [4.78, 5) is 3.23. The van der Waals surface area contributed by atoms with Crippen LogP contribution in [-0.2, 0) is 5.41 Å². The fourth-order valence-electron chi connectivity index (χ4n) is 1.74. The number of aromatic amines is 1. The Bertz CT molecular complexity index is 418. The Kier molecular flexibility index (Phi) is 5.29. The normalized spacial score (nSPS) is 10.3. The van der Waals surface area contributed by atoms with E-state index in [1.54, 1.807) is 0 Å². The van der Waals surface area contributed by atoms with E-state index in [2.05, 4.69) is 50.0 Å². The van der Waals surface area contributed by atoms with Gasteiger partial charge in [-0.1, -0.05) is 54.2 Å². The number of H-pyrrole nitrogens is 1. The fourth-order valence-corrected chi connectivity index (χ4v) is 1.74. The van der Waals surface area contributed by atoms with Crippen molar-refractivity contribution in [3.63, 3.8) is 0 Å². The third-order valence-electron chi connectivity index (χ3n) is 2.40. The first-order valence-electron chi connectivity index (χ1n) is 5.65. The van der Waals surface area contributed by atoms with Gasteiger partial charge in [-0.25, -0.2) is 0 Å². The lowest BCUT2D eigenvalue weighted by molar-refractivity contribution is 0.596. The molecule has 0 saturated heterocycles. The Hall–Kier alpha value is -1.24. The molecule has 0 fully saturated rings. The molecule has 16 heavy (non-hydrogen) atoms. The zero-order valence-electron chi connectivity index (χ0n) is 10.4. The number of hydrogen-bond donors (Lipinski definition) is 1. The lowest BCUT2D eigenvalue weighted by atomic mass is 9.85. The van der Waals surface area contributed by atoms with E-state index in [4.69, 9.17) is 0 Å². The smallest absolute Gasteiger partial charge is 0.0456 e. The molecule has 2 rings (SSSR count). The molecule has 0 atom stereocenters. The summed E-state index contributed by atoms with van der Waals surface area (Å²) in [5, 5.41) is 1.34. The average Bonchev–Trinajstić information content (AvgIpc) is 2.66. The maximum Gasteiger partial charge on any atom is 0.0456 e. The van der Waals surface area contributed by atoms with Gasteiger partial charge in [-0.2, -0.15) is 0 Å². The molecular formula is C15H25N. The third-order valence-corrected chi connectivity index (χ3v) is 2.40. The highest BCUT2D eigenvalue weighted by molar-refractivity contribution is 5.83. The topological polar surface area (TPSA) is 15.8 Å². The molecule has 0 aliphatic rings. The minimum Gasteiger partial charge on any atom is -0.361 e. The van der Waals surface area contributed by atoms with Gasteiger partial charge in [-0.15, -0.1) is 0 Å². The molecule has 0 spiro atoms. The summed E-state index contributed by atoms with van der Waals surface area (Å²) in [6.07, 6.45) is 2.00. The predicted octanol–water partition coefficient (Wildman–Crippen LogP) is 5.13. The predicted molar refractivity (Wildman–Crippen MR) is 75.1 cm³/mol. The second-order valence-corrected chi connectivity index (χ2v) is 4.49. The fraction of sp³-hybridized carbons (Fsp3) is 0.467. The monoisotopic (exact) mass is 219 g/mol. The molecule has 1 heteroatoms. The Morgan fingerprint density at radius 3 is 2.19 bits per heavy atom. The molecule has 1 N–H and O–H groups in total. The zero-order valence-corrected chi connectivity index (χ0v) is 10.4. The van der Waals surface area contributed by atoms with Crippen LogP contribution in [0.15, 0.2) is 30.5 Å². The number of fused-ring (bicyclic) bond motifs is 1. The summed E-state index contributed by atoms with van der Waals surface area (Å²) in [7, 11) is 0. The van der Waals surface area contributed by atoms with Gasteiger partial charge in [0.05, 0.1) is 0 Å². The van der Waals surface area contributed by atoms with Crippen LogP contribution in [0.4, 0.5) is 0 Å². The molecule has 90 valence electrons. The summed E-state index contributed by atoms with van der Waals surface area (Å²) in [5.41, 5.74) is 2.86. The zero-order chi connectivity index (χ0) is 11.5. The summed E-state index contributed by atoms with van der Waals surface area (Å²) in [6, 6.07) is 8.58. The highest BCUT2D eigenvalue weighted by Gasteiger charge is 2.16. The second-order valence-electron chi connectivity index (χ2n) is 4.49. The Morgan fingerprint density at radius 1 is 1.00 bits per heavy atom. The first kappa shape index (κ1) is 14.8. The first-order chi connectivity index (χ1) is 7.09. The van der Waals surface area contributed by atoms with E-state index in [-0.39, 0.29) is 12.8 Å². The molecule has 1 aromatic carbocycles. The van der Waals surface area contributed by atoms with Gasteiger partial charge in [0.2, 0.25) is 0 Å². The van der Waals surface area contributed by atoms with Crippen molar-refractivity contribution >= 4 is 10.9 Å². The van der Waals surface area contributed by atoms with Crippen LogP contribution in [0.1, 0.15) is 47.6 Å². The maximum absolute atomic E-state index is 3.23. The summed E-state index contributed by atoms with van der Waals surface area (Å²) in [5.74, 6) is 0. The van der Waals surface area contributed by atoms with E-state index in [9.17, 15) is 0 Å². The lowest BCUT2D eigenvalue weighted by Gasteiger charge is -2.19. The maximum atomic E-state index is 3.23. The van der Waals surface area contributed by atoms with Crippen molar-refractivity contribution < 1.29 is 0 Å². The van der Waals surface area contributed by atoms with Crippen LogP contribution in [0, 0.1) is 0 Å². The molecule has 1 nitrogen and oxygen atoms in total. The van der Waals surface area contributed by atoms with Crippen molar-refractivity contribution in [1.29, 1.82) is 0 Å². The van der Waals surface area contributed by atoms with Gasteiger partial charge in [0.15, 0.2) is 0 Å². The lowest BCUT2D eigenvalue weighted by Crippen LogP contribution is -2.10. The van der Waals surface area contributed by atoms with E-state index in [0.717, 1.165) is 0 Å². The van der Waals surface area contributed by atoms with Gasteiger partial charge in [0.1, 0.15) is 0 Å². The molecular weight excluding hydrogens is 194 g/mol. The molecule has 0 amide bonds. The molecule has 0 unspecified atom stereocenters. The minimum absolute atomic E-state index is 0. The van der Waals surface area contributed by atoms with Crippen molar-refractivity contribution in [1.82, 2.24) is 4.98 Å². The molecule has 0 aliphatic carbocycles. The van der Waals surface area contributed by atoms with Crippen molar-refractivity contribution in [2.75, 3.05) is 0 Å². The second kappa shape index (κ2) is 5.74. The standard InChI is InChI=1S/C12H15N.C2H6.CH4/c1-12(2,3)10-5-4-6-11-9(10)7-8-13-11;1-2;/h4-8,13H,1-3H3;1-2H3;1H4. The van der Waals surface area contributed by atoms with Crippen molar-refractivity contribution in [3.8, 4) is 0 Å². The highest BCUT2D eigenvalue weighted by atomic mass is 14.7. The van der Waals surface area contributed by atoms with Gasteiger partial charge in [0, 0.05) is 17.1 Å². The van der Waals surface area contributed by atoms with Crippen molar-refractivity contribution in [3.05, 3.63) is 36.0 Å². The molecule has 0 saturated carbocycles. The van der Waals surface area contributed by atoms with Crippen molar-refractivity contribution in [2.45, 2.75) is 47.5 Å². The van der Waals surface area contributed by atoms with E-state index in [1.165, 1.54) is 16.5 Å². The Balaban J connectivity index is 0.000000711. The SMILES string of the molecule is C.CC.CC(C)(C)c1cccc2[nH]ccc12. The highest BCUT2D eigenvalue weighted by Crippen LogP contribution is 2.28. The van der Waals surface area contributed by atoms with Gasteiger partial charge in [-0.3, -0.25) is 0 Å². The molecule has 0 radical (unpaired) electrons. The largest absolute Gasteiger partial charge is 0.361 e. The van der Waals surface area contributed by atoms with Crippen LogP contribution in [-0.4, -0.2) is 4.98 Å². The summed E-state index contributed by atoms with van der Waals surface area (Å²) >= 11 is 0. The summed E-state index contributed by atoms with van der Waals surface area (Å²) < 4.78 is 0. The Labute approximate surface area is 99.9 Å². The number of hydrogen-bond acceptors (Lipinski definition) is 0. The van der Waals surface area contributed by atoms with Crippen LogP contribution >= 0.6 is 0 Å². The quantitative estimate of drug-likeness (QED) is 0.632. The number of benzene rings is 1. The molecule has 1 aromatic heterocycles. The third kappa shape index (κ3) is 2.88. The average molecular weight is 219 g/mol. The number of aromatic nitrogens is 1.